The van der Waals surface area contributed by atoms with Crippen LogP contribution >= 0.6 is 0 Å². The van der Waals surface area contributed by atoms with Crippen LogP contribution in [0.15, 0.2) is 24.4 Å². The van der Waals surface area contributed by atoms with Crippen molar-refractivity contribution in [2.45, 2.75) is 52.2 Å². The topological polar surface area (TPSA) is 34.2 Å². The Morgan fingerprint density at radius 3 is 2.48 bits per heavy atom. The predicted molar refractivity (Wildman–Crippen MR) is 89.2 cm³/mol. The SMILES string of the molecule is CCn1cc(CN2CCCCCC2)c2cccc(CN)c21. The van der Waals surface area contributed by atoms with Crippen molar-refractivity contribution in [2.75, 3.05) is 13.1 Å². The van der Waals surface area contributed by atoms with Gasteiger partial charge in [0.05, 0.1) is 5.52 Å². The van der Waals surface area contributed by atoms with Gasteiger partial charge in [-0.1, -0.05) is 31.0 Å². The Labute approximate surface area is 127 Å². The molecule has 21 heavy (non-hydrogen) atoms. The molecule has 0 saturated carbocycles. The zero-order chi connectivity index (χ0) is 14.7. The van der Waals surface area contributed by atoms with E-state index in [0.717, 1.165) is 13.1 Å². The summed E-state index contributed by atoms with van der Waals surface area (Å²) in [6.45, 7) is 7.41. The largest absolute Gasteiger partial charge is 0.347 e. The summed E-state index contributed by atoms with van der Waals surface area (Å²) in [6, 6.07) is 6.56. The molecule has 0 radical (unpaired) electrons. The number of aryl methyl sites for hydroxylation is 1. The molecule has 2 heterocycles. The number of benzene rings is 1. The summed E-state index contributed by atoms with van der Waals surface area (Å²) < 4.78 is 2.37. The van der Waals surface area contributed by atoms with Crippen LogP contribution in [0, 0.1) is 0 Å². The number of nitrogens with zero attached hydrogens (tertiary/aromatic N) is 2. The number of aromatic nitrogens is 1. The van der Waals surface area contributed by atoms with Gasteiger partial charge in [0.1, 0.15) is 0 Å². The summed E-state index contributed by atoms with van der Waals surface area (Å²) >= 11 is 0. The highest BCUT2D eigenvalue weighted by atomic mass is 15.1. The third-order valence-corrected chi connectivity index (χ3v) is 4.72. The first-order valence-electron chi connectivity index (χ1n) is 8.35. The van der Waals surface area contributed by atoms with Gasteiger partial charge in [-0.05, 0) is 44.0 Å². The Bertz CT molecular complexity index is 592. The van der Waals surface area contributed by atoms with Crippen LogP contribution in [0.4, 0.5) is 0 Å². The van der Waals surface area contributed by atoms with Crippen LogP contribution in [0.3, 0.4) is 0 Å². The first kappa shape index (κ1) is 14.6. The van der Waals surface area contributed by atoms with Gasteiger partial charge in [-0.15, -0.1) is 0 Å². The van der Waals surface area contributed by atoms with Crippen molar-refractivity contribution < 1.29 is 0 Å². The molecule has 1 aromatic heterocycles. The molecular formula is C18H27N3. The molecule has 3 nitrogen and oxygen atoms in total. The zero-order valence-corrected chi connectivity index (χ0v) is 13.1. The molecule has 1 aromatic carbocycles. The minimum atomic E-state index is 0.616. The summed E-state index contributed by atoms with van der Waals surface area (Å²) in [5.41, 5.74) is 9.99. The van der Waals surface area contributed by atoms with Gasteiger partial charge in [0, 0.05) is 31.2 Å². The first-order chi connectivity index (χ1) is 10.3. The van der Waals surface area contributed by atoms with E-state index in [0.29, 0.717) is 6.54 Å². The van der Waals surface area contributed by atoms with E-state index in [-0.39, 0.29) is 0 Å². The molecule has 1 fully saturated rings. The maximum Gasteiger partial charge on any atom is 0.0529 e. The second-order valence-electron chi connectivity index (χ2n) is 6.15. The van der Waals surface area contributed by atoms with E-state index in [1.165, 1.54) is 60.8 Å². The summed E-state index contributed by atoms with van der Waals surface area (Å²) in [5, 5.41) is 1.39. The van der Waals surface area contributed by atoms with E-state index < -0.39 is 0 Å². The molecule has 2 aromatic rings. The minimum absolute atomic E-state index is 0.616. The van der Waals surface area contributed by atoms with Crippen LogP contribution in [0.2, 0.25) is 0 Å². The lowest BCUT2D eigenvalue weighted by Gasteiger charge is -2.19. The third kappa shape index (κ3) is 2.99. The Hall–Kier alpha value is -1.32. The predicted octanol–water partition coefficient (Wildman–Crippen LogP) is 3.50. The fourth-order valence-electron chi connectivity index (χ4n) is 3.59. The molecule has 0 atom stereocenters. The van der Waals surface area contributed by atoms with Gasteiger partial charge in [0.2, 0.25) is 0 Å². The Balaban J connectivity index is 1.94. The Morgan fingerprint density at radius 1 is 1.05 bits per heavy atom. The molecule has 1 aliphatic heterocycles. The normalized spacial score (nSPS) is 17.2. The Kier molecular flexibility index (Phi) is 4.61. The number of likely N-dealkylation sites (tertiary alicyclic amines) is 1. The Morgan fingerprint density at radius 2 is 1.81 bits per heavy atom. The quantitative estimate of drug-likeness (QED) is 0.933. The van der Waals surface area contributed by atoms with Crippen molar-refractivity contribution >= 4 is 10.9 Å². The number of para-hydroxylation sites is 1. The number of hydrogen-bond donors (Lipinski definition) is 1. The van der Waals surface area contributed by atoms with Crippen molar-refractivity contribution in [1.29, 1.82) is 0 Å². The van der Waals surface area contributed by atoms with Crippen molar-refractivity contribution in [3.05, 3.63) is 35.5 Å². The minimum Gasteiger partial charge on any atom is -0.347 e. The van der Waals surface area contributed by atoms with E-state index in [9.17, 15) is 0 Å². The van der Waals surface area contributed by atoms with Crippen molar-refractivity contribution in [3.8, 4) is 0 Å². The summed E-state index contributed by atoms with van der Waals surface area (Å²) in [5.74, 6) is 0. The van der Waals surface area contributed by atoms with Gasteiger partial charge < -0.3 is 10.3 Å². The van der Waals surface area contributed by atoms with Crippen molar-refractivity contribution in [2.24, 2.45) is 5.73 Å². The molecule has 0 unspecified atom stereocenters. The average Bonchev–Trinajstić information content (AvgIpc) is 2.70. The van der Waals surface area contributed by atoms with Crippen LogP contribution in [-0.2, 0) is 19.6 Å². The van der Waals surface area contributed by atoms with Crippen molar-refractivity contribution in [3.63, 3.8) is 0 Å². The van der Waals surface area contributed by atoms with E-state index in [1.807, 2.05) is 0 Å². The molecule has 3 heteroatoms. The standard InChI is InChI=1S/C18H27N3/c1-2-21-14-16(13-20-10-5-3-4-6-11-20)17-9-7-8-15(12-19)18(17)21/h7-9,14H,2-6,10-13,19H2,1H3. The second-order valence-corrected chi connectivity index (χ2v) is 6.15. The zero-order valence-electron chi connectivity index (χ0n) is 13.1. The van der Waals surface area contributed by atoms with E-state index in [1.54, 1.807) is 0 Å². The van der Waals surface area contributed by atoms with Gasteiger partial charge in [-0.2, -0.15) is 0 Å². The van der Waals surface area contributed by atoms with E-state index in [2.05, 4.69) is 40.8 Å². The summed E-state index contributed by atoms with van der Waals surface area (Å²) in [7, 11) is 0. The van der Waals surface area contributed by atoms with E-state index in [4.69, 9.17) is 5.73 Å². The first-order valence-corrected chi connectivity index (χ1v) is 8.35. The molecule has 3 rings (SSSR count). The number of rotatable bonds is 4. The number of hydrogen-bond acceptors (Lipinski definition) is 2. The van der Waals surface area contributed by atoms with Gasteiger partial charge in [-0.25, -0.2) is 0 Å². The highest BCUT2D eigenvalue weighted by Gasteiger charge is 2.15. The fourth-order valence-corrected chi connectivity index (χ4v) is 3.59. The maximum atomic E-state index is 5.93. The van der Waals surface area contributed by atoms with Crippen LogP contribution < -0.4 is 5.73 Å². The van der Waals surface area contributed by atoms with Gasteiger partial charge in [0.15, 0.2) is 0 Å². The summed E-state index contributed by atoms with van der Waals surface area (Å²) in [4.78, 5) is 2.62. The van der Waals surface area contributed by atoms with Crippen LogP contribution in [0.25, 0.3) is 10.9 Å². The maximum absolute atomic E-state index is 5.93. The number of fused-ring (bicyclic) bond motifs is 1. The smallest absolute Gasteiger partial charge is 0.0529 e. The molecule has 0 spiro atoms. The highest BCUT2D eigenvalue weighted by molar-refractivity contribution is 5.86. The monoisotopic (exact) mass is 285 g/mol. The second kappa shape index (κ2) is 6.63. The average molecular weight is 285 g/mol. The third-order valence-electron chi connectivity index (χ3n) is 4.72. The van der Waals surface area contributed by atoms with Crippen LogP contribution in [0.1, 0.15) is 43.7 Å². The van der Waals surface area contributed by atoms with E-state index >= 15 is 0 Å². The van der Waals surface area contributed by atoms with Crippen molar-refractivity contribution in [1.82, 2.24) is 9.47 Å². The number of nitrogens with two attached hydrogens (primary N) is 1. The van der Waals surface area contributed by atoms with Gasteiger partial charge >= 0.3 is 0 Å². The lowest BCUT2D eigenvalue weighted by molar-refractivity contribution is 0.278. The molecule has 0 amide bonds. The van der Waals surface area contributed by atoms with Crippen LogP contribution in [0.5, 0.6) is 0 Å². The van der Waals surface area contributed by atoms with Gasteiger partial charge in [0.25, 0.3) is 0 Å². The lowest BCUT2D eigenvalue weighted by atomic mass is 10.1. The summed E-state index contributed by atoms with van der Waals surface area (Å²) in [6.07, 6.45) is 7.82. The highest BCUT2D eigenvalue weighted by Crippen LogP contribution is 2.26. The van der Waals surface area contributed by atoms with Crippen LogP contribution in [-0.4, -0.2) is 22.6 Å². The molecule has 0 aliphatic carbocycles. The molecule has 1 aliphatic rings. The molecule has 2 N–H and O–H groups in total. The fraction of sp³-hybridized carbons (Fsp3) is 0.556. The lowest BCUT2D eigenvalue weighted by Crippen LogP contribution is -2.23. The molecular weight excluding hydrogens is 258 g/mol. The molecule has 1 saturated heterocycles. The molecule has 114 valence electrons. The van der Waals surface area contributed by atoms with Gasteiger partial charge in [-0.3, -0.25) is 4.90 Å². The molecule has 0 bridgehead atoms.